The van der Waals surface area contributed by atoms with Crippen LogP contribution in [0, 0.1) is 11.8 Å². The normalized spacial score (nSPS) is 14.9. The van der Waals surface area contributed by atoms with Crippen LogP contribution in [0.3, 0.4) is 0 Å². The quantitative estimate of drug-likeness (QED) is 0.251. The average molecular weight is 569 g/mol. The lowest BCUT2D eigenvalue weighted by Crippen LogP contribution is -2.52. The number of nitrogens with one attached hydrogen (secondary N) is 2. The highest BCUT2D eigenvalue weighted by atomic mass is 16.2. The Morgan fingerprint density at radius 3 is 2.31 bits per heavy atom. The maximum atomic E-state index is 14.1. The number of carbonyl (C=O) groups is 3. The summed E-state index contributed by atoms with van der Waals surface area (Å²) >= 11 is 0. The number of carbonyl (C=O) groups excluding carboxylic acids is 3. The van der Waals surface area contributed by atoms with E-state index in [0.717, 1.165) is 34.7 Å². The molecule has 4 N–H and O–H groups in total. The number of hydrogen-bond donors (Lipinski definition) is 3. The molecule has 1 aliphatic carbocycles. The van der Waals surface area contributed by atoms with Crippen molar-refractivity contribution in [3.63, 3.8) is 0 Å². The SMILES string of the molecule is CN(C(=O)[C@@H](CNC(=O)C=CCC(C)(C)N)Cc1ccc2ccccc2c1)[C@H](Cc1ccccc1)C(=O)NCC1CC1. The molecule has 3 aromatic carbocycles. The van der Waals surface area contributed by atoms with Gasteiger partial charge < -0.3 is 21.3 Å². The van der Waals surface area contributed by atoms with E-state index in [-0.39, 0.29) is 24.3 Å². The standard InChI is InChI=1S/C35H44N4O3/c1-35(2,36)19-9-14-32(40)37-24-30(21-27-17-18-28-12-7-8-13-29(28)20-27)34(42)39(3)31(22-25-10-5-4-6-11-25)33(41)38-23-26-15-16-26/h4-14,17-18,20,26,30-31H,15-16,19,21-24,36H2,1-3H3,(H,37,40)(H,38,41)/t30-,31-/m1/s1. The fourth-order valence-corrected chi connectivity index (χ4v) is 5.02. The summed E-state index contributed by atoms with van der Waals surface area (Å²) in [7, 11) is 1.70. The molecule has 0 saturated heterocycles. The number of nitrogens with two attached hydrogens (primary N) is 1. The summed E-state index contributed by atoms with van der Waals surface area (Å²) in [4.78, 5) is 41.8. The second kappa shape index (κ2) is 14.3. The van der Waals surface area contributed by atoms with Gasteiger partial charge in [0.05, 0.1) is 5.92 Å². The van der Waals surface area contributed by atoms with E-state index in [0.29, 0.717) is 31.7 Å². The Labute approximate surface area is 249 Å². The van der Waals surface area contributed by atoms with Gasteiger partial charge in [-0.05, 0) is 73.4 Å². The first-order valence-electron chi connectivity index (χ1n) is 14.9. The number of benzene rings is 3. The zero-order valence-electron chi connectivity index (χ0n) is 25.0. The van der Waals surface area contributed by atoms with Gasteiger partial charge in [0.25, 0.3) is 0 Å². The van der Waals surface area contributed by atoms with Gasteiger partial charge in [-0.2, -0.15) is 0 Å². The number of rotatable bonds is 14. The molecular weight excluding hydrogens is 524 g/mol. The second-order valence-corrected chi connectivity index (χ2v) is 12.3. The highest BCUT2D eigenvalue weighted by Crippen LogP contribution is 2.27. The molecule has 222 valence electrons. The molecule has 3 amide bonds. The van der Waals surface area contributed by atoms with Crippen LogP contribution in [-0.2, 0) is 27.2 Å². The molecule has 7 heteroatoms. The van der Waals surface area contributed by atoms with Crippen molar-refractivity contribution in [1.82, 2.24) is 15.5 Å². The third-order valence-corrected chi connectivity index (χ3v) is 7.73. The average Bonchev–Trinajstić information content (AvgIpc) is 3.80. The summed E-state index contributed by atoms with van der Waals surface area (Å²) in [5.74, 6) is -0.642. The molecule has 0 bridgehead atoms. The van der Waals surface area contributed by atoms with Crippen LogP contribution in [0.2, 0.25) is 0 Å². The monoisotopic (exact) mass is 568 g/mol. The van der Waals surface area contributed by atoms with E-state index >= 15 is 0 Å². The maximum Gasteiger partial charge on any atom is 0.243 e. The van der Waals surface area contributed by atoms with Crippen molar-refractivity contribution >= 4 is 28.5 Å². The molecule has 4 rings (SSSR count). The van der Waals surface area contributed by atoms with E-state index < -0.39 is 17.5 Å². The Hall–Kier alpha value is -3.97. The van der Waals surface area contributed by atoms with E-state index in [1.165, 1.54) is 6.08 Å². The molecule has 0 spiro atoms. The summed E-state index contributed by atoms with van der Waals surface area (Å²) in [6, 6.07) is 23.4. The number of fused-ring (bicyclic) bond motifs is 1. The molecule has 7 nitrogen and oxygen atoms in total. The predicted octanol–water partition coefficient (Wildman–Crippen LogP) is 4.39. The lowest BCUT2D eigenvalue weighted by molar-refractivity contribution is -0.142. The number of hydrogen-bond acceptors (Lipinski definition) is 4. The Balaban J connectivity index is 1.54. The zero-order valence-corrected chi connectivity index (χ0v) is 25.0. The largest absolute Gasteiger partial charge is 0.354 e. The van der Waals surface area contributed by atoms with Crippen molar-refractivity contribution < 1.29 is 14.4 Å². The molecule has 3 aromatic rings. The summed E-state index contributed by atoms with van der Waals surface area (Å²) in [6.45, 7) is 4.58. The third-order valence-electron chi connectivity index (χ3n) is 7.73. The van der Waals surface area contributed by atoms with E-state index in [9.17, 15) is 14.4 Å². The van der Waals surface area contributed by atoms with E-state index in [1.807, 2.05) is 68.4 Å². The van der Waals surface area contributed by atoms with Crippen LogP contribution in [-0.4, -0.2) is 54.3 Å². The fraction of sp³-hybridized carbons (Fsp3) is 0.400. The van der Waals surface area contributed by atoms with Crippen LogP contribution in [0.25, 0.3) is 10.8 Å². The van der Waals surface area contributed by atoms with Crippen molar-refractivity contribution in [1.29, 1.82) is 0 Å². The summed E-state index contributed by atoms with van der Waals surface area (Å²) in [6.07, 6.45) is 6.87. The molecule has 42 heavy (non-hydrogen) atoms. The van der Waals surface area contributed by atoms with Gasteiger partial charge >= 0.3 is 0 Å². The van der Waals surface area contributed by atoms with Crippen LogP contribution in [0.1, 0.15) is 44.2 Å². The number of likely N-dealkylation sites (N-methyl/N-ethyl adjacent to an activating group) is 1. The van der Waals surface area contributed by atoms with Gasteiger partial charge in [0, 0.05) is 32.1 Å². The fourth-order valence-electron chi connectivity index (χ4n) is 5.02. The lowest BCUT2D eigenvalue weighted by Gasteiger charge is -2.31. The summed E-state index contributed by atoms with van der Waals surface area (Å²) < 4.78 is 0. The second-order valence-electron chi connectivity index (χ2n) is 12.3. The Kier molecular flexibility index (Phi) is 10.5. The Morgan fingerprint density at radius 1 is 0.929 bits per heavy atom. The van der Waals surface area contributed by atoms with E-state index in [1.54, 1.807) is 18.0 Å². The van der Waals surface area contributed by atoms with Crippen molar-refractivity contribution in [2.24, 2.45) is 17.6 Å². The van der Waals surface area contributed by atoms with Crippen molar-refractivity contribution in [3.8, 4) is 0 Å². The van der Waals surface area contributed by atoms with Gasteiger partial charge in [-0.25, -0.2) is 0 Å². The summed E-state index contributed by atoms with van der Waals surface area (Å²) in [5, 5.41) is 8.20. The zero-order chi connectivity index (χ0) is 30.1. The van der Waals surface area contributed by atoms with E-state index in [2.05, 4.69) is 28.8 Å². The molecule has 2 atom stereocenters. The molecule has 0 radical (unpaired) electrons. The van der Waals surface area contributed by atoms with Crippen LogP contribution < -0.4 is 16.4 Å². The van der Waals surface area contributed by atoms with Gasteiger partial charge in [-0.3, -0.25) is 14.4 Å². The molecule has 1 aliphatic rings. The number of nitrogens with zero attached hydrogens (tertiary/aromatic N) is 1. The summed E-state index contributed by atoms with van der Waals surface area (Å²) in [5.41, 5.74) is 7.59. The van der Waals surface area contributed by atoms with Crippen LogP contribution in [0.5, 0.6) is 0 Å². The predicted molar refractivity (Wildman–Crippen MR) is 169 cm³/mol. The maximum absolute atomic E-state index is 14.1. The molecule has 0 heterocycles. The topological polar surface area (TPSA) is 105 Å². The van der Waals surface area contributed by atoms with Crippen molar-refractivity contribution in [3.05, 3.63) is 96.1 Å². The third kappa shape index (κ3) is 9.55. The van der Waals surface area contributed by atoms with Gasteiger partial charge in [-0.1, -0.05) is 78.9 Å². The first-order valence-corrected chi connectivity index (χ1v) is 14.9. The van der Waals surface area contributed by atoms with Gasteiger partial charge in [-0.15, -0.1) is 0 Å². The van der Waals surface area contributed by atoms with Crippen molar-refractivity contribution in [2.45, 2.75) is 57.5 Å². The molecule has 0 aliphatic heterocycles. The highest BCUT2D eigenvalue weighted by molar-refractivity contribution is 5.90. The molecule has 0 unspecified atom stereocenters. The van der Waals surface area contributed by atoms with Crippen LogP contribution >= 0.6 is 0 Å². The van der Waals surface area contributed by atoms with Gasteiger partial charge in [0.2, 0.25) is 17.7 Å². The van der Waals surface area contributed by atoms with Crippen LogP contribution in [0.15, 0.2) is 84.9 Å². The molecular formula is C35H44N4O3. The molecule has 1 fully saturated rings. The molecule has 1 saturated carbocycles. The van der Waals surface area contributed by atoms with Gasteiger partial charge in [0.1, 0.15) is 6.04 Å². The minimum Gasteiger partial charge on any atom is -0.354 e. The molecule has 0 aromatic heterocycles. The Morgan fingerprint density at radius 2 is 1.62 bits per heavy atom. The van der Waals surface area contributed by atoms with Crippen LogP contribution in [0.4, 0.5) is 0 Å². The van der Waals surface area contributed by atoms with E-state index in [4.69, 9.17) is 5.73 Å². The smallest absolute Gasteiger partial charge is 0.243 e. The minimum absolute atomic E-state index is 0.146. The first-order chi connectivity index (χ1) is 20.1. The minimum atomic E-state index is -0.667. The van der Waals surface area contributed by atoms with Crippen molar-refractivity contribution in [2.75, 3.05) is 20.1 Å². The lowest BCUT2D eigenvalue weighted by atomic mass is 9.94. The number of amides is 3. The van der Waals surface area contributed by atoms with Gasteiger partial charge in [0.15, 0.2) is 0 Å². The Bertz CT molecular complexity index is 1390. The first kappa shape index (κ1) is 31.0. The highest BCUT2D eigenvalue weighted by Gasteiger charge is 2.33.